The van der Waals surface area contributed by atoms with E-state index in [1.54, 1.807) is 36.4 Å². The summed E-state index contributed by atoms with van der Waals surface area (Å²) in [6.07, 6.45) is 0. The quantitative estimate of drug-likeness (QED) is 0.677. The molecule has 0 aliphatic rings. The summed E-state index contributed by atoms with van der Waals surface area (Å²) in [5, 5.41) is 23.0. The third-order valence-corrected chi connectivity index (χ3v) is 2.97. The summed E-state index contributed by atoms with van der Waals surface area (Å²) in [4.78, 5) is 10.6. The zero-order valence-corrected chi connectivity index (χ0v) is 10.9. The standard InChI is InChI=1S/C15H13N3O2/c1-11(14-7-2-3-8-15(14)18(19)20)17-13-6-4-5-12(9-13)10-16/h2-9,11,17H,1H3. The van der Waals surface area contributed by atoms with Crippen molar-refractivity contribution in [3.63, 3.8) is 0 Å². The third-order valence-electron chi connectivity index (χ3n) is 2.97. The number of rotatable bonds is 4. The first-order valence-electron chi connectivity index (χ1n) is 6.12. The van der Waals surface area contributed by atoms with Crippen molar-refractivity contribution in [1.29, 1.82) is 5.26 Å². The maximum Gasteiger partial charge on any atom is 0.274 e. The van der Waals surface area contributed by atoms with Crippen LogP contribution >= 0.6 is 0 Å². The molecule has 2 aromatic carbocycles. The summed E-state index contributed by atoms with van der Waals surface area (Å²) in [6, 6.07) is 15.5. The van der Waals surface area contributed by atoms with Crippen LogP contribution in [-0.2, 0) is 0 Å². The zero-order valence-electron chi connectivity index (χ0n) is 10.9. The normalized spacial score (nSPS) is 11.4. The summed E-state index contributed by atoms with van der Waals surface area (Å²) >= 11 is 0. The Labute approximate surface area is 116 Å². The number of anilines is 1. The van der Waals surface area contributed by atoms with Gasteiger partial charge in [-0.2, -0.15) is 5.26 Å². The molecule has 1 unspecified atom stereocenters. The average Bonchev–Trinajstić information content (AvgIpc) is 2.47. The fraction of sp³-hybridized carbons (Fsp3) is 0.133. The Bertz CT molecular complexity index is 677. The number of nitriles is 1. The highest BCUT2D eigenvalue weighted by Gasteiger charge is 2.17. The maximum absolute atomic E-state index is 11.0. The highest BCUT2D eigenvalue weighted by Crippen LogP contribution is 2.27. The van der Waals surface area contributed by atoms with E-state index in [-0.39, 0.29) is 16.7 Å². The van der Waals surface area contributed by atoms with E-state index in [2.05, 4.69) is 11.4 Å². The Morgan fingerprint density at radius 3 is 2.70 bits per heavy atom. The van der Waals surface area contributed by atoms with Gasteiger partial charge in [0.25, 0.3) is 5.69 Å². The maximum atomic E-state index is 11.0. The number of nitrogens with one attached hydrogen (secondary N) is 1. The van der Waals surface area contributed by atoms with Crippen molar-refractivity contribution in [3.8, 4) is 6.07 Å². The number of para-hydroxylation sites is 1. The molecule has 1 atom stereocenters. The highest BCUT2D eigenvalue weighted by molar-refractivity contribution is 5.52. The topological polar surface area (TPSA) is 79.0 Å². The summed E-state index contributed by atoms with van der Waals surface area (Å²) in [7, 11) is 0. The van der Waals surface area contributed by atoms with Crippen molar-refractivity contribution >= 4 is 11.4 Å². The van der Waals surface area contributed by atoms with Crippen LogP contribution in [0.2, 0.25) is 0 Å². The summed E-state index contributed by atoms with van der Waals surface area (Å²) in [5.41, 5.74) is 2.00. The molecule has 0 amide bonds. The molecule has 2 aromatic rings. The van der Waals surface area contributed by atoms with Crippen molar-refractivity contribution in [3.05, 3.63) is 69.8 Å². The van der Waals surface area contributed by atoms with Crippen molar-refractivity contribution in [2.24, 2.45) is 0 Å². The van der Waals surface area contributed by atoms with Gasteiger partial charge < -0.3 is 5.32 Å². The van der Waals surface area contributed by atoms with Crippen LogP contribution in [0.15, 0.2) is 48.5 Å². The van der Waals surface area contributed by atoms with E-state index in [9.17, 15) is 10.1 Å². The van der Waals surface area contributed by atoms with Gasteiger partial charge >= 0.3 is 0 Å². The lowest BCUT2D eigenvalue weighted by molar-refractivity contribution is -0.385. The van der Waals surface area contributed by atoms with Crippen molar-refractivity contribution in [2.75, 3.05) is 5.32 Å². The highest BCUT2D eigenvalue weighted by atomic mass is 16.6. The molecule has 5 nitrogen and oxygen atoms in total. The van der Waals surface area contributed by atoms with Gasteiger partial charge in [0.2, 0.25) is 0 Å². The first-order valence-corrected chi connectivity index (χ1v) is 6.12. The number of hydrogen-bond acceptors (Lipinski definition) is 4. The molecular formula is C15H13N3O2. The van der Waals surface area contributed by atoms with Crippen LogP contribution in [0.3, 0.4) is 0 Å². The largest absolute Gasteiger partial charge is 0.378 e. The first kappa shape index (κ1) is 13.6. The molecule has 0 aromatic heterocycles. The molecule has 0 fully saturated rings. The molecule has 0 saturated heterocycles. The van der Waals surface area contributed by atoms with Crippen LogP contribution in [0.25, 0.3) is 0 Å². The number of nitrogens with zero attached hydrogens (tertiary/aromatic N) is 2. The van der Waals surface area contributed by atoms with E-state index < -0.39 is 0 Å². The van der Waals surface area contributed by atoms with Crippen molar-refractivity contribution in [2.45, 2.75) is 13.0 Å². The van der Waals surface area contributed by atoms with Crippen LogP contribution in [-0.4, -0.2) is 4.92 Å². The second kappa shape index (κ2) is 5.85. The number of nitro groups is 1. The van der Waals surface area contributed by atoms with Crippen molar-refractivity contribution in [1.82, 2.24) is 0 Å². The van der Waals surface area contributed by atoms with Crippen LogP contribution in [0, 0.1) is 21.4 Å². The summed E-state index contributed by atoms with van der Waals surface area (Å²) in [6.45, 7) is 1.85. The minimum Gasteiger partial charge on any atom is -0.378 e. The molecule has 0 aliphatic carbocycles. The Hall–Kier alpha value is -2.87. The Kier molecular flexibility index (Phi) is 3.96. The molecule has 100 valence electrons. The Morgan fingerprint density at radius 1 is 1.25 bits per heavy atom. The smallest absolute Gasteiger partial charge is 0.274 e. The predicted molar refractivity (Wildman–Crippen MR) is 76.3 cm³/mol. The fourth-order valence-corrected chi connectivity index (χ4v) is 2.03. The van der Waals surface area contributed by atoms with Gasteiger partial charge in [-0.05, 0) is 25.1 Å². The monoisotopic (exact) mass is 267 g/mol. The van der Waals surface area contributed by atoms with Crippen LogP contribution in [0.1, 0.15) is 24.1 Å². The lowest BCUT2D eigenvalue weighted by Gasteiger charge is -2.15. The van der Waals surface area contributed by atoms with Crippen LogP contribution < -0.4 is 5.32 Å². The number of benzene rings is 2. The van der Waals surface area contributed by atoms with Gasteiger partial charge in [-0.25, -0.2) is 0 Å². The molecule has 0 bridgehead atoms. The second-order valence-electron chi connectivity index (χ2n) is 4.37. The van der Waals surface area contributed by atoms with Gasteiger partial charge in [0, 0.05) is 11.8 Å². The average molecular weight is 267 g/mol. The van der Waals surface area contributed by atoms with Gasteiger partial charge in [-0.1, -0.05) is 24.3 Å². The molecule has 20 heavy (non-hydrogen) atoms. The Morgan fingerprint density at radius 2 is 2.00 bits per heavy atom. The first-order chi connectivity index (χ1) is 9.61. The molecular weight excluding hydrogens is 254 g/mol. The number of hydrogen-bond donors (Lipinski definition) is 1. The van der Waals surface area contributed by atoms with Gasteiger partial charge in [0.1, 0.15) is 0 Å². The Balaban J connectivity index is 2.26. The molecule has 1 N–H and O–H groups in total. The van der Waals surface area contributed by atoms with Crippen LogP contribution in [0.5, 0.6) is 0 Å². The van der Waals surface area contributed by atoms with Gasteiger partial charge in [0.05, 0.1) is 28.2 Å². The van der Waals surface area contributed by atoms with E-state index in [0.29, 0.717) is 11.1 Å². The summed E-state index contributed by atoms with van der Waals surface area (Å²) < 4.78 is 0. The van der Waals surface area contributed by atoms with E-state index >= 15 is 0 Å². The minimum absolute atomic E-state index is 0.0870. The van der Waals surface area contributed by atoms with E-state index in [0.717, 1.165) is 5.69 Å². The van der Waals surface area contributed by atoms with Crippen molar-refractivity contribution < 1.29 is 4.92 Å². The summed E-state index contributed by atoms with van der Waals surface area (Å²) in [5.74, 6) is 0. The molecule has 0 saturated carbocycles. The van der Waals surface area contributed by atoms with Gasteiger partial charge in [-0.15, -0.1) is 0 Å². The molecule has 5 heteroatoms. The van der Waals surface area contributed by atoms with E-state index in [1.165, 1.54) is 6.07 Å². The van der Waals surface area contributed by atoms with E-state index in [4.69, 9.17) is 5.26 Å². The molecule has 0 heterocycles. The zero-order chi connectivity index (χ0) is 14.5. The molecule has 0 radical (unpaired) electrons. The predicted octanol–water partition coefficient (Wildman–Crippen LogP) is 3.64. The second-order valence-corrected chi connectivity index (χ2v) is 4.37. The lowest BCUT2D eigenvalue weighted by atomic mass is 10.1. The number of nitro benzene ring substituents is 1. The molecule has 0 spiro atoms. The lowest BCUT2D eigenvalue weighted by Crippen LogP contribution is -2.09. The molecule has 0 aliphatic heterocycles. The van der Waals surface area contributed by atoms with Gasteiger partial charge in [0.15, 0.2) is 0 Å². The minimum atomic E-state index is -0.390. The van der Waals surface area contributed by atoms with Crippen LogP contribution in [0.4, 0.5) is 11.4 Å². The molecule has 2 rings (SSSR count). The van der Waals surface area contributed by atoms with E-state index in [1.807, 2.05) is 13.0 Å². The fourth-order valence-electron chi connectivity index (χ4n) is 2.03. The van der Waals surface area contributed by atoms with Gasteiger partial charge in [-0.3, -0.25) is 10.1 Å². The third kappa shape index (κ3) is 2.93. The SMILES string of the molecule is CC(Nc1cccc(C#N)c1)c1ccccc1[N+](=O)[O-].